The molecule has 2 aliphatic rings. The summed E-state index contributed by atoms with van der Waals surface area (Å²) in [4.78, 5) is 18.2. The topological polar surface area (TPSA) is 145 Å². The number of carbonyl (C=O) groups is 1. The molecule has 4 heterocycles. The van der Waals surface area contributed by atoms with Crippen LogP contribution in [0.4, 0.5) is 14.5 Å². The van der Waals surface area contributed by atoms with Crippen LogP contribution in [0.15, 0.2) is 23.4 Å². The molecule has 3 N–H and O–H groups in total. The van der Waals surface area contributed by atoms with Crippen LogP contribution < -0.4 is 15.4 Å². The van der Waals surface area contributed by atoms with Gasteiger partial charge in [0, 0.05) is 18.3 Å². The van der Waals surface area contributed by atoms with E-state index in [1.807, 2.05) is 6.92 Å². The lowest BCUT2D eigenvalue weighted by Crippen LogP contribution is -2.56. The molecule has 0 unspecified atom stereocenters. The Morgan fingerprint density at radius 1 is 1.31 bits per heavy atom. The van der Waals surface area contributed by atoms with Gasteiger partial charge < -0.3 is 15.4 Å². The Morgan fingerprint density at radius 2 is 2.03 bits per heavy atom. The SMILES string of the molecule is CC1(NS(=O)(=O)c2cc(N3C[C@H](C(N)=O)OC(C)(C)C3)c3ncc(-c4nnc(C(F)F)s4)n3c2)CC1. The molecule has 11 nitrogen and oxygen atoms in total. The quantitative estimate of drug-likeness (QED) is 0.463. The van der Waals surface area contributed by atoms with Crippen LogP contribution in [0, 0.1) is 0 Å². The molecule has 3 aromatic heterocycles. The maximum absolute atomic E-state index is 13.3. The van der Waals surface area contributed by atoms with Gasteiger partial charge in [-0.2, -0.15) is 0 Å². The number of hydrogen-bond donors (Lipinski definition) is 2. The fourth-order valence-corrected chi connectivity index (χ4v) is 6.39. The number of ether oxygens (including phenoxy) is 1. The first-order valence-electron chi connectivity index (χ1n) is 11.2. The van der Waals surface area contributed by atoms with Gasteiger partial charge in [0.05, 0.1) is 24.0 Å². The highest BCUT2D eigenvalue weighted by Crippen LogP contribution is 2.38. The van der Waals surface area contributed by atoms with Crippen molar-refractivity contribution in [3.8, 4) is 10.7 Å². The van der Waals surface area contributed by atoms with Gasteiger partial charge in [-0.15, -0.1) is 10.2 Å². The lowest BCUT2D eigenvalue weighted by atomic mass is 10.0. The van der Waals surface area contributed by atoms with E-state index in [-0.39, 0.29) is 16.4 Å². The van der Waals surface area contributed by atoms with Crippen LogP contribution in [0.2, 0.25) is 0 Å². The standard InChI is InChI=1S/C21H25F2N7O4S2/c1-20(2)10-29(9-14(34-20)16(24)31)12-6-11(36(32,33)28-21(3)4-5-21)8-30-13(7-25-17(12)30)18-26-27-19(35-18)15(22)23/h6-8,14-15,28H,4-5,9-10H2,1-3H3,(H2,24,31)/t14-/m1/s1. The molecule has 5 rings (SSSR count). The predicted octanol–water partition coefficient (Wildman–Crippen LogP) is 2.09. The number of halogens is 2. The molecule has 0 bridgehead atoms. The third-order valence-corrected chi connectivity index (χ3v) is 8.73. The highest BCUT2D eigenvalue weighted by Gasteiger charge is 2.42. The van der Waals surface area contributed by atoms with Crippen molar-refractivity contribution in [1.82, 2.24) is 24.3 Å². The van der Waals surface area contributed by atoms with Crippen molar-refractivity contribution >= 4 is 38.6 Å². The van der Waals surface area contributed by atoms with Crippen molar-refractivity contribution in [3.63, 3.8) is 0 Å². The number of carbonyl (C=O) groups excluding carboxylic acids is 1. The van der Waals surface area contributed by atoms with Crippen molar-refractivity contribution in [2.75, 3.05) is 18.0 Å². The first-order valence-corrected chi connectivity index (χ1v) is 13.5. The molecule has 1 aliphatic heterocycles. The van der Waals surface area contributed by atoms with Crippen molar-refractivity contribution in [1.29, 1.82) is 0 Å². The number of imidazole rings is 1. The number of pyridine rings is 1. The average molecular weight is 542 g/mol. The maximum atomic E-state index is 13.3. The van der Waals surface area contributed by atoms with Gasteiger partial charge in [-0.1, -0.05) is 11.3 Å². The fraction of sp³-hybridized carbons (Fsp3) is 0.524. The van der Waals surface area contributed by atoms with Crippen LogP contribution >= 0.6 is 11.3 Å². The van der Waals surface area contributed by atoms with Crippen LogP contribution in [0.1, 0.15) is 45.0 Å². The van der Waals surface area contributed by atoms with Gasteiger partial charge in [0.25, 0.3) is 6.43 Å². The minimum atomic E-state index is -3.95. The summed E-state index contributed by atoms with van der Waals surface area (Å²) >= 11 is 0.699. The monoisotopic (exact) mass is 541 g/mol. The third kappa shape index (κ3) is 4.67. The van der Waals surface area contributed by atoms with Gasteiger partial charge in [-0.05, 0) is 39.7 Å². The number of aromatic nitrogens is 4. The second-order valence-corrected chi connectivity index (χ2v) is 12.7. The number of fused-ring (bicyclic) bond motifs is 1. The van der Waals surface area contributed by atoms with Crippen LogP contribution in [0.25, 0.3) is 16.3 Å². The van der Waals surface area contributed by atoms with Gasteiger partial charge in [0.15, 0.2) is 21.8 Å². The molecule has 194 valence electrons. The van der Waals surface area contributed by atoms with E-state index in [0.717, 1.165) is 12.8 Å². The highest BCUT2D eigenvalue weighted by molar-refractivity contribution is 7.89. The molecule has 15 heteroatoms. The summed E-state index contributed by atoms with van der Waals surface area (Å²) in [6, 6.07) is 1.49. The normalized spacial score (nSPS) is 21.3. The van der Waals surface area contributed by atoms with Crippen LogP contribution in [-0.2, 0) is 19.6 Å². The number of morpholine rings is 1. The van der Waals surface area contributed by atoms with Gasteiger partial charge in [0.1, 0.15) is 10.6 Å². The zero-order valence-corrected chi connectivity index (χ0v) is 21.4. The van der Waals surface area contributed by atoms with Gasteiger partial charge in [-0.3, -0.25) is 9.20 Å². The van der Waals surface area contributed by atoms with Crippen LogP contribution in [0.5, 0.6) is 0 Å². The molecule has 0 radical (unpaired) electrons. The van der Waals surface area contributed by atoms with Crippen LogP contribution in [0.3, 0.4) is 0 Å². The Bertz CT molecular complexity index is 1450. The molecule has 3 aromatic rings. The Morgan fingerprint density at radius 3 is 2.64 bits per heavy atom. The van der Waals surface area contributed by atoms with E-state index in [0.29, 0.717) is 34.9 Å². The second-order valence-electron chi connectivity index (χ2n) is 9.96. The molecule has 1 saturated heterocycles. The summed E-state index contributed by atoms with van der Waals surface area (Å²) in [6.45, 7) is 5.82. The van der Waals surface area contributed by atoms with E-state index in [1.165, 1.54) is 22.9 Å². The zero-order chi connectivity index (χ0) is 26.0. The summed E-state index contributed by atoms with van der Waals surface area (Å²) in [5.74, 6) is -0.645. The zero-order valence-electron chi connectivity index (χ0n) is 19.7. The number of hydrogen-bond acceptors (Lipinski definition) is 9. The number of sulfonamides is 1. The predicted molar refractivity (Wildman–Crippen MR) is 127 cm³/mol. The Labute approximate surface area is 209 Å². The summed E-state index contributed by atoms with van der Waals surface area (Å²) in [5, 5.41) is 7.11. The van der Waals surface area contributed by atoms with Gasteiger partial charge in [-0.25, -0.2) is 26.9 Å². The number of rotatable bonds is 7. The summed E-state index contributed by atoms with van der Waals surface area (Å²) in [6.07, 6.45) is 0.539. The minimum Gasteiger partial charge on any atom is -0.367 e. The number of amides is 1. The second kappa shape index (κ2) is 8.39. The fourth-order valence-electron chi connectivity index (χ4n) is 4.20. The van der Waals surface area contributed by atoms with E-state index in [1.54, 1.807) is 18.7 Å². The summed E-state index contributed by atoms with van der Waals surface area (Å²) < 4.78 is 63.0. The first-order chi connectivity index (χ1) is 16.8. The Kier molecular flexibility index (Phi) is 5.81. The summed E-state index contributed by atoms with van der Waals surface area (Å²) in [7, 11) is -3.95. The van der Waals surface area contributed by atoms with Crippen molar-refractivity contribution < 1.29 is 26.7 Å². The molecule has 0 spiro atoms. The Hall–Kier alpha value is -2.75. The molecule has 0 aromatic carbocycles. The van der Waals surface area contributed by atoms with E-state index in [2.05, 4.69) is 19.9 Å². The highest BCUT2D eigenvalue weighted by atomic mass is 32.2. The number of nitrogens with two attached hydrogens (primary N) is 1. The summed E-state index contributed by atoms with van der Waals surface area (Å²) in [5.41, 5.74) is 5.33. The van der Waals surface area contributed by atoms with E-state index in [4.69, 9.17) is 10.5 Å². The van der Waals surface area contributed by atoms with Gasteiger partial charge >= 0.3 is 0 Å². The van der Waals surface area contributed by atoms with Gasteiger partial charge in [0.2, 0.25) is 15.9 Å². The number of alkyl halides is 2. The number of nitrogens with one attached hydrogen (secondary N) is 1. The molecule has 1 amide bonds. The molecule has 1 atom stereocenters. The third-order valence-electron chi connectivity index (χ3n) is 6.18. The maximum Gasteiger partial charge on any atom is 0.291 e. The number of anilines is 1. The largest absolute Gasteiger partial charge is 0.367 e. The molecule has 1 saturated carbocycles. The van der Waals surface area contributed by atoms with E-state index >= 15 is 0 Å². The molecule has 1 aliphatic carbocycles. The van der Waals surface area contributed by atoms with Crippen molar-refractivity contribution in [3.05, 3.63) is 23.5 Å². The van der Waals surface area contributed by atoms with E-state index < -0.39 is 44.6 Å². The molecule has 36 heavy (non-hydrogen) atoms. The number of primary amides is 1. The molecular weight excluding hydrogens is 516 g/mol. The first kappa shape index (κ1) is 24.9. The minimum absolute atomic E-state index is 0.0455. The van der Waals surface area contributed by atoms with Crippen molar-refractivity contribution in [2.45, 2.75) is 62.2 Å². The van der Waals surface area contributed by atoms with Crippen molar-refractivity contribution in [2.24, 2.45) is 5.73 Å². The van der Waals surface area contributed by atoms with E-state index in [9.17, 15) is 22.0 Å². The average Bonchev–Trinajstić information content (AvgIpc) is 3.16. The lowest BCUT2D eigenvalue weighted by Gasteiger charge is -2.42. The van der Waals surface area contributed by atoms with Crippen LogP contribution in [-0.4, -0.2) is 64.2 Å². The molecular formula is C21H25F2N7O4S2. The smallest absolute Gasteiger partial charge is 0.291 e. The lowest BCUT2D eigenvalue weighted by molar-refractivity contribution is -0.143. The number of nitrogens with zero attached hydrogens (tertiary/aromatic N) is 5. The molecule has 2 fully saturated rings. The Balaban J connectivity index is 1.68.